The Bertz CT molecular complexity index is 840. The molecule has 0 radical (unpaired) electrons. The molecule has 1 aromatic rings. The van der Waals surface area contributed by atoms with Crippen molar-refractivity contribution in [3.8, 4) is 0 Å². The minimum absolute atomic E-state index is 0.215. The number of halogens is 3. The van der Waals surface area contributed by atoms with Crippen LogP contribution in [0.15, 0.2) is 29.2 Å². The third-order valence-electron chi connectivity index (χ3n) is 4.91. The Morgan fingerprint density at radius 1 is 1.21 bits per heavy atom. The predicted molar refractivity (Wildman–Crippen MR) is 103 cm³/mol. The number of alkyl halides is 3. The van der Waals surface area contributed by atoms with Gasteiger partial charge >= 0.3 is 6.18 Å². The molecule has 0 unspecified atom stereocenters. The molecular weight excluding hydrogens is 407 g/mol. The highest BCUT2D eigenvalue weighted by Crippen LogP contribution is 2.33. The molecule has 10 heteroatoms. The highest BCUT2D eigenvalue weighted by Gasteiger charge is 2.39. The molecule has 1 fully saturated rings. The summed E-state index contributed by atoms with van der Waals surface area (Å²) in [6, 6.07) is 2.92. The minimum Gasteiger partial charge on any atom is -0.341 e. The summed E-state index contributed by atoms with van der Waals surface area (Å²) in [5.41, 5.74) is 3.83. The lowest BCUT2D eigenvalue weighted by atomic mass is 10.00. The highest BCUT2D eigenvalue weighted by atomic mass is 32.2. The summed E-state index contributed by atoms with van der Waals surface area (Å²) < 4.78 is 66.7. The Kier molecular flexibility index (Phi) is 6.71. The van der Waals surface area contributed by atoms with E-state index in [2.05, 4.69) is 0 Å². The number of nitrogens with zero attached hydrogens (tertiary/aromatic N) is 2. The van der Waals surface area contributed by atoms with Gasteiger partial charge in [0, 0.05) is 25.2 Å². The number of carbonyl (C=O) groups excluding carboxylic acids is 1. The summed E-state index contributed by atoms with van der Waals surface area (Å²) in [5.74, 6) is -0.215. The van der Waals surface area contributed by atoms with E-state index in [1.165, 1.54) is 10.4 Å². The van der Waals surface area contributed by atoms with E-state index < -0.39 is 39.4 Å². The van der Waals surface area contributed by atoms with Crippen molar-refractivity contribution in [2.24, 2.45) is 5.73 Å². The van der Waals surface area contributed by atoms with Crippen molar-refractivity contribution in [2.45, 2.75) is 69.2 Å². The van der Waals surface area contributed by atoms with Crippen LogP contribution in [0.5, 0.6) is 0 Å². The van der Waals surface area contributed by atoms with Gasteiger partial charge in [0.15, 0.2) is 0 Å². The van der Waals surface area contributed by atoms with Gasteiger partial charge in [0.05, 0.1) is 16.0 Å². The smallest absolute Gasteiger partial charge is 0.341 e. The Balaban J connectivity index is 2.28. The van der Waals surface area contributed by atoms with E-state index in [4.69, 9.17) is 5.73 Å². The van der Waals surface area contributed by atoms with Crippen LogP contribution in [0.4, 0.5) is 13.2 Å². The molecule has 1 aliphatic rings. The van der Waals surface area contributed by atoms with Crippen molar-refractivity contribution in [1.82, 2.24) is 9.21 Å². The van der Waals surface area contributed by atoms with Crippen molar-refractivity contribution in [2.75, 3.05) is 13.1 Å². The largest absolute Gasteiger partial charge is 0.416 e. The third-order valence-corrected chi connectivity index (χ3v) is 7.03. The molecule has 1 aromatic carbocycles. The molecule has 1 saturated heterocycles. The van der Waals surface area contributed by atoms with Gasteiger partial charge in [-0.05, 0) is 58.7 Å². The summed E-state index contributed by atoms with van der Waals surface area (Å²) >= 11 is 0. The van der Waals surface area contributed by atoms with E-state index >= 15 is 0 Å². The van der Waals surface area contributed by atoms with Gasteiger partial charge in [-0.1, -0.05) is 6.07 Å². The number of likely N-dealkylation sites (tertiary alicyclic amines) is 1. The van der Waals surface area contributed by atoms with Gasteiger partial charge in [0.1, 0.15) is 0 Å². The van der Waals surface area contributed by atoms with Gasteiger partial charge in [-0.2, -0.15) is 17.5 Å². The fourth-order valence-electron chi connectivity index (χ4n) is 3.58. The number of amides is 1. The van der Waals surface area contributed by atoms with Crippen molar-refractivity contribution in [3.63, 3.8) is 0 Å². The van der Waals surface area contributed by atoms with Gasteiger partial charge in [-0.3, -0.25) is 4.79 Å². The average Bonchev–Trinajstić information content (AvgIpc) is 2.60. The number of nitrogens with two attached hydrogens (primary N) is 1. The van der Waals surface area contributed by atoms with Crippen molar-refractivity contribution in [1.29, 1.82) is 0 Å². The predicted octanol–water partition coefficient (Wildman–Crippen LogP) is 2.83. The lowest BCUT2D eigenvalue weighted by Crippen LogP contribution is -2.56. The molecule has 0 saturated carbocycles. The molecule has 164 valence electrons. The topological polar surface area (TPSA) is 83.7 Å². The monoisotopic (exact) mass is 435 g/mol. The first-order valence-electron chi connectivity index (χ1n) is 9.44. The van der Waals surface area contributed by atoms with Gasteiger partial charge in [0.2, 0.25) is 15.9 Å². The number of hydrogen-bond acceptors (Lipinski definition) is 4. The Labute approximate surface area is 169 Å². The molecule has 2 rings (SSSR count). The summed E-state index contributed by atoms with van der Waals surface area (Å²) in [6.45, 7) is 7.27. The maximum absolute atomic E-state index is 13.2. The molecule has 0 aromatic heterocycles. The number of benzene rings is 1. The molecule has 0 atom stereocenters. The second kappa shape index (κ2) is 8.23. The second-order valence-corrected chi connectivity index (χ2v) is 10.0. The fraction of sp³-hybridized carbons (Fsp3) is 0.632. The quantitative estimate of drug-likeness (QED) is 0.771. The van der Waals surface area contributed by atoms with Crippen molar-refractivity contribution >= 4 is 15.9 Å². The number of sulfonamides is 1. The van der Waals surface area contributed by atoms with Crippen molar-refractivity contribution < 1.29 is 26.4 Å². The number of hydrogen-bond donors (Lipinski definition) is 1. The van der Waals surface area contributed by atoms with Crippen molar-refractivity contribution in [3.05, 3.63) is 29.8 Å². The first-order chi connectivity index (χ1) is 13.2. The zero-order chi connectivity index (χ0) is 22.2. The first kappa shape index (κ1) is 23.6. The molecule has 0 spiro atoms. The Hall–Kier alpha value is -1.65. The highest BCUT2D eigenvalue weighted by molar-refractivity contribution is 7.89. The summed E-state index contributed by atoms with van der Waals surface area (Å²) in [4.78, 5) is 13.6. The lowest BCUT2D eigenvalue weighted by molar-refractivity contribution is -0.138. The second-order valence-electron chi connectivity index (χ2n) is 8.20. The lowest BCUT2D eigenvalue weighted by Gasteiger charge is -2.41. The van der Waals surface area contributed by atoms with E-state index in [1.54, 1.807) is 32.6 Å². The van der Waals surface area contributed by atoms with Crippen LogP contribution in [0.25, 0.3) is 0 Å². The zero-order valence-electron chi connectivity index (χ0n) is 17.0. The minimum atomic E-state index is -4.63. The van der Waals surface area contributed by atoms with Crippen LogP contribution in [-0.2, 0) is 21.0 Å². The van der Waals surface area contributed by atoms with Gasteiger partial charge in [-0.25, -0.2) is 8.42 Å². The van der Waals surface area contributed by atoms with Crippen LogP contribution < -0.4 is 5.73 Å². The third kappa shape index (κ3) is 5.29. The number of piperidine rings is 1. The molecular formula is C19H28F3N3O3S. The summed E-state index contributed by atoms with van der Waals surface area (Å²) in [5, 5.41) is 0. The summed E-state index contributed by atoms with van der Waals surface area (Å²) in [7, 11) is -4.14. The molecule has 1 heterocycles. The molecule has 1 amide bonds. The van der Waals surface area contributed by atoms with Crippen LogP contribution >= 0.6 is 0 Å². The maximum atomic E-state index is 13.2. The van der Waals surface area contributed by atoms with E-state index in [-0.39, 0.29) is 10.8 Å². The van der Waals surface area contributed by atoms with Crippen LogP contribution in [0.1, 0.15) is 46.1 Å². The number of carbonyl (C=O) groups is 1. The number of rotatable bonds is 5. The molecule has 0 bridgehead atoms. The molecule has 1 aliphatic heterocycles. The van der Waals surface area contributed by atoms with Crippen LogP contribution in [-0.4, -0.2) is 54.2 Å². The van der Waals surface area contributed by atoms with E-state index in [9.17, 15) is 26.4 Å². The van der Waals surface area contributed by atoms with Crippen LogP contribution in [0.2, 0.25) is 0 Å². The SMILES string of the molecule is CC(C)N(C1CCN(C(=O)C(C)(C)N)CC1)S(=O)(=O)c1cccc(C(F)(F)F)c1. The Morgan fingerprint density at radius 2 is 1.76 bits per heavy atom. The molecule has 29 heavy (non-hydrogen) atoms. The van der Waals surface area contributed by atoms with E-state index in [0.717, 1.165) is 12.1 Å². The Morgan fingerprint density at radius 3 is 2.21 bits per heavy atom. The molecule has 2 N–H and O–H groups in total. The molecule has 6 nitrogen and oxygen atoms in total. The van der Waals surface area contributed by atoms with Gasteiger partial charge in [0.25, 0.3) is 0 Å². The summed E-state index contributed by atoms with van der Waals surface area (Å²) in [6.07, 6.45) is -3.86. The molecule has 0 aliphatic carbocycles. The van der Waals surface area contributed by atoms with E-state index in [0.29, 0.717) is 32.0 Å². The maximum Gasteiger partial charge on any atom is 0.416 e. The van der Waals surface area contributed by atoms with E-state index in [1.807, 2.05) is 0 Å². The van der Waals surface area contributed by atoms with Crippen LogP contribution in [0.3, 0.4) is 0 Å². The fourth-order valence-corrected chi connectivity index (χ4v) is 5.51. The zero-order valence-corrected chi connectivity index (χ0v) is 17.8. The van der Waals surface area contributed by atoms with Crippen LogP contribution in [0, 0.1) is 0 Å². The van der Waals surface area contributed by atoms with Gasteiger partial charge < -0.3 is 10.6 Å². The first-order valence-corrected chi connectivity index (χ1v) is 10.9. The standard InChI is InChI=1S/C19H28F3N3O3S/c1-13(2)25(15-8-10-24(11-9-15)17(26)18(3,4)23)29(27,28)16-7-5-6-14(12-16)19(20,21)22/h5-7,12-13,15H,8-11,23H2,1-4H3. The van der Waals surface area contributed by atoms with Gasteiger partial charge in [-0.15, -0.1) is 0 Å². The normalized spacial score (nSPS) is 17.2. The average molecular weight is 436 g/mol.